The van der Waals surface area contributed by atoms with Gasteiger partial charge in [-0.15, -0.1) is 11.3 Å². The topological polar surface area (TPSA) is 41.9 Å². The lowest BCUT2D eigenvalue weighted by atomic mass is 10.1. The lowest BCUT2D eigenvalue weighted by Gasteiger charge is -2.13. The summed E-state index contributed by atoms with van der Waals surface area (Å²) in [4.78, 5) is 19.6. The Hall–Kier alpha value is -2.11. The number of benzene rings is 1. The molecule has 0 N–H and O–H groups in total. The van der Waals surface area contributed by atoms with Gasteiger partial charge >= 0.3 is 5.97 Å². The van der Waals surface area contributed by atoms with Gasteiger partial charge in [-0.3, -0.25) is 0 Å². The first kappa shape index (κ1) is 14.8. The van der Waals surface area contributed by atoms with Crippen molar-refractivity contribution in [1.29, 1.82) is 0 Å². The number of thiophene rings is 1. The molecule has 22 heavy (non-hydrogen) atoms. The van der Waals surface area contributed by atoms with E-state index < -0.39 is 5.97 Å². The van der Waals surface area contributed by atoms with Crippen molar-refractivity contribution in [1.82, 2.24) is 0 Å². The number of oxime groups is 1. The highest BCUT2D eigenvalue weighted by Crippen LogP contribution is 2.28. The zero-order valence-electron chi connectivity index (χ0n) is 12.0. The van der Waals surface area contributed by atoms with Crippen LogP contribution in [0, 0.1) is 0 Å². The van der Waals surface area contributed by atoms with Crippen LogP contribution in [0.25, 0.3) is 6.08 Å². The Balaban J connectivity index is 2.00. The summed E-state index contributed by atoms with van der Waals surface area (Å²) in [7, 11) is 3.89. The smallest absolute Gasteiger partial charge is 0.368 e. The van der Waals surface area contributed by atoms with Gasteiger partial charge in [-0.25, -0.2) is 4.79 Å². The second-order valence-corrected chi connectivity index (χ2v) is 6.31. The zero-order valence-corrected chi connectivity index (χ0v) is 13.6. The standard InChI is InChI=1S/C16H13ClN2O2S/c1-19(2)11-6-5-10(13(17)9-11)8-12-15(18-21-16(12)20)14-4-3-7-22-14/h3-9H,1-2H3. The van der Waals surface area contributed by atoms with Crippen LogP contribution in [0.4, 0.5) is 5.69 Å². The molecule has 6 heteroatoms. The van der Waals surface area contributed by atoms with Crippen LogP contribution in [0.1, 0.15) is 10.4 Å². The van der Waals surface area contributed by atoms with Crippen molar-refractivity contribution in [3.8, 4) is 0 Å². The second kappa shape index (κ2) is 5.94. The monoisotopic (exact) mass is 332 g/mol. The number of rotatable bonds is 3. The predicted molar refractivity (Wildman–Crippen MR) is 90.7 cm³/mol. The minimum Gasteiger partial charge on any atom is -0.378 e. The summed E-state index contributed by atoms with van der Waals surface area (Å²) in [6.45, 7) is 0. The van der Waals surface area contributed by atoms with Gasteiger partial charge in [0.05, 0.1) is 10.5 Å². The van der Waals surface area contributed by atoms with Gasteiger partial charge in [-0.2, -0.15) is 0 Å². The summed E-state index contributed by atoms with van der Waals surface area (Å²) in [5, 5.41) is 6.37. The van der Waals surface area contributed by atoms with Gasteiger partial charge in [0, 0.05) is 24.8 Å². The summed E-state index contributed by atoms with van der Waals surface area (Å²) < 4.78 is 0. The number of carbonyl (C=O) groups is 1. The third-order valence-corrected chi connectivity index (χ3v) is 4.45. The fourth-order valence-electron chi connectivity index (χ4n) is 2.07. The fourth-order valence-corrected chi connectivity index (χ4v) is 3.02. The maximum atomic E-state index is 11.9. The Morgan fingerprint density at radius 2 is 2.14 bits per heavy atom. The van der Waals surface area contributed by atoms with Gasteiger partial charge in [0.1, 0.15) is 5.71 Å². The molecule has 0 radical (unpaired) electrons. The lowest BCUT2D eigenvalue weighted by molar-refractivity contribution is -0.136. The molecule has 2 aromatic rings. The Kier molecular flexibility index (Phi) is 4.00. The highest BCUT2D eigenvalue weighted by atomic mass is 35.5. The quantitative estimate of drug-likeness (QED) is 0.634. The summed E-state index contributed by atoms with van der Waals surface area (Å²) in [6, 6.07) is 9.48. The first-order valence-corrected chi connectivity index (χ1v) is 7.84. The third kappa shape index (κ3) is 2.77. The number of nitrogens with zero attached hydrogens (tertiary/aromatic N) is 2. The van der Waals surface area contributed by atoms with Crippen LogP contribution in [-0.4, -0.2) is 25.8 Å². The molecule has 0 spiro atoms. The van der Waals surface area contributed by atoms with Crippen molar-refractivity contribution in [2.45, 2.75) is 0 Å². The molecule has 1 aromatic heterocycles. The van der Waals surface area contributed by atoms with E-state index >= 15 is 0 Å². The van der Waals surface area contributed by atoms with Gasteiger partial charge in [0.2, 0.25) is 0 Å². The minimum atomic E-state index is -0.462. The van der Waals surface area contributed by atoms with Crippen molar-refractivity contribution in [3.63, 3.8) is 0 Å². The van der Waals surface area contributed by atoms with Gasteiger partial charge in [0.25, 0.3) is 0 Å². The molecule has 1 aromatic carbocycles. The Bertz CT molecular complexity index is 779. The van der Waals surface area contributed by atoms with Crippen LogP contribution in [0.5, 0.6) is 0 Å². The van der Waals surface area contributed by atoms with E-state index in [9.17, 15) is 4.79 Å². The number of carbonyl (C=O) groups excluding carboxylic acids is 1. The van der Waals surface area contributed by atoms with Crippen molar-refractivity contribution < 1.29 is 9.63 Å². The maximum absolute atomic E-state index is 11.9. The number of halogens is 1. The molecule has 0 aliphatic carbocycles. The SMILES string of the molecule is CN(C)c1ccc(C=C2C(=O)ON=C2c2cccs2)c(Cl)c1. The van der Waals surface area contributed by atoms with Crippen LogP contribution in [0.2, 0.25) is 5.02 Å². The van der Waals surface area contributed by atoms with Crippen LogP contribution < -0.4 is 4.90 Å². The van der Waals surface area contributed by atoms with Crippen LogP contribution in [0.3, 0.4) is 0 Å². The van der Waals surface area contributed by atoms with Gasteiger partial charge < -0.3 is 9.74 Å². The van der Waals surface area contributed by atoms with Crippen molar-refractivity contribution >= 4 is 46.4 Å². The molecule has 0 saturated heterocycles. The van der Waals surface area contributed by atoms with E-state index in [1.54, 1.807) is 6.08 Å². The molecule has 2 heterocycles. The summed E-state index contributed by atoms with van der Waals surface area (Å²) in [5.74, 6) is -0.462. The maximum Gasteiger partial charge on any atom is 0.368 e. The molecule has 3 rings (SSSR count). The number of hydrogen-bond donors (Lipinski definition) is 0. The molecular formula is C16H13ClN2O2S. The number of anilines is 1. The largest absolute Gasteiger partial charge is 0.378 e. The van der Waals surface area contributed by atoms with Crippen molar-refractivity contribution in [2.75, 3.05) is 19.0 Å². The molecule has 0 unspecified atom stereocenters. The molecule has 0 bridgehead atoms. The molecule has 0 saturated carbocycles. The third-order valence-electron chi connectivity index (χ3n) is 3.25. The summed E-state index contributed by atoms with van der Waals surface area (Å²) in [6.07, 6.45) is 1.72. The van der Waals surface area contributed by atoms with E-state index in [1.807, 2.05) is 54.7 Å². The van der Waals surface area contributed by atoms with Crippen molar-refractivity contribution in [3.05, 3.63) is 56.7 Å². The molecule has 112 valence electrons. The predicted octanol–water partition coefficient (Wildman–Crippen LogP) is 3.81. The Morgan fingerprint density at radius 1 is 1.32 bits per heavy atom. The average Bonchev–Trinajstić information content (AvgIpc) is 3.11. The normalized spacial score (nSPS) is 15.9. The van der Waals surface area contributed by atoms with Gasteiger partial charge in [-0.1, -0.05) is 28.9 Å². The molecule has 0 fully saturated rings. The molecule has 0 atom stereocenters. The molecule has 1 aliphatic heterocycles. The number of hydrogen-bond acceptors (Lipinski definition) is 5. The fraction of sp³-hybridized carbons (Fsp3) is 0.125. The summed E-state index contributed by atoms with van der Waals surface area (Å²) in [5.41, 5.74) is 2.72. The summed E-state index contributed by atoms with van der Waals surface area (Å²) >= 11 is 7.82. The van der Waals surface area contributed by atoms with E-state index in [0.29, 0.717) is 16.3 Å². The van der Waals surface area contributed by atoms with E-state index in [-0.39, 0.29) is 0 Å². The van der Waals surface area contributed by atoms with E-state index in [2.05, 4.69) is 5.16 Å². The van der Waals surface area contributed by atoms with Crippen LogP contribution in [0.15, 0.2) is 46.4 Å². The van der Waals surface area contributed by atoms with Crippen LogP contribution >= 0.6 is 22.9 Å². The van der Waals surface area contributed by atoms with E-state index in [1.165, 1.54) is 11.3 Å². The lowest BCUT2D eigenvalue weighted by Crippen LogP contribution is -2.08. The molecular weight excluding hydrogens is 320 g/mol. The first-order valence-electron chi connectivity index (χ1n) is 6.58. The average molecular weight is 333 g/mol. The molecule has 4 nitrogen and oxygen atoms in total. The molecule has 1 aliphatic rings. The van der Waals surface area contributed by atoms with E-state index in [4.69, 9.17) is 16.4 Å². The zero-order chi connectivity index (χ0) is 15.7. The second-order valence-electron chi connectivity index (χ2n) is 4.95. The Morgan fingerprint density at radius 3 is 2.77 bits per heavy atom. The molecule has 0 amide bonds. The highest BCUT2D eigenvalue weighted by Gasteiger charge is 2.27. The highest BCUT2D eigenvalue weighted by molar-refractivity contribution is 7.12. The van der Waals surface area contributed by atoms with Gasteiger partial charge in [0.15, 0.2) is 0 Å². The van der Waals surface area contributed by atoms with E-state index in [0.717, 1.165) is 16.1 Å². The minimum absolute atomic E-state index is 0.418. The Labute approximate surface area is 137 Å². The van der Waals surface area contributed by atoms with Crippen molar-refractivity contribution in [2.24, 2.45) is 5.16 Å². The van der Waals surface area contributed by atoms with Gasteiger partial charge in [-0.05, 0) is 35.2 Å². The van der Waals surface area contributed by atoms with Crippen LogP contribution in [-0.2, 0) is 9.63 Å². The first-order chi connectivity index (χ1) is 10.6.